The van der Waals surface area contributed by atoms with E-state index in [1.165, 1.54) is 5.69 Å². The monoisotopic (exact) mass is 576 g/mol. The quantitative estimate of drug-likeness (QED) is 0.141. The number of aromatic nitrogens is 2. The molecular weight excluding hydrogens is 554 g/mol. The number of rotatable bonds is 3. The fourth-order valence-electron chi connectivity index (χ4n) is 2.58. The molecule has 0 aliphatic carbocycles. The lowest BCUT2D eigenvalue weighted by atomic mass is 10.1. The highest BCUT2D eigenvalue weighted by Crippen LogP contribution is 2.19. The largest absolute Gasteiger partial charge is 1.00 e. The summed E-state index contributed by atoms with van der Waals surface area (Å²) >= 11 is 0. The van der Waals surface area contributed by atoms with Gasteiger partial charge in [-0.2, -0.15) is 5.10 Å². The van der Waals surface area contributed by atoms with E-state index < -0.39 is 0 Å². The van der Waals surface area contributed by atoms with Gasteiger partial charge in [-0.15, -0.1) is 24.0 Å². The first-order chi connectivity index (χ1) is 11.7. The highest BCUT2D eigenvalue weighted by molar-refractivity contribution is 14.0. The molecule has 0 atom stereocenters. The van der Waals surface area contributed by atoms with E-state index in [-0.39, 0.29) is 48.0 Å². The lowest BCUT2D eigenvalue weighted by molar-refractivity contribution is -0.510. The van der Waals surface area contributed by atoms with Gasteiger partial charge in [0.05, 0.1) is 19.5 Å². The number of nitrogens with one attached hydrogen (secondary N) is 2. The van der Waals surface area contributed by atoms with E-state index in [0.29, 0.717) is 5.96 Å². The summed E-state index contributed by atoms with van der Waals surface area (Å²) in [6, 6.07) is 14.5. The Morgan fingerprint density at radius 2 is 1.88 bits per heavy atom. The molecule has 0 spiro atoms. The second-order valence-corrected chi connectivity index (χ2v) is 5.35. The maximum atomic E-state index is 4.16. The van der Waals surface area contributed by atoms with E-state index in [0.717, 1.165) is 16.8 Å². The molecule has 2 heterocycles. The minimum absolute atomic E-state index is 0. The molecule has 3 aromatic rings. The van der Waals surface area contributed by atoms with Gasteiger partial charge in [-0.1, -0.05) is 18.2 Å². The minimum atomic E-state index is 0. The molecule has 0 fully saturated rings. The van der Waals surface area contributed by atoms with Gasteiger partial charge in [0.1, 0.15) is 6.20 Å². The molecule has 0 aliphatic heterocycles. The average molecular weight is 576 g/mol. The number of pyridine rings is 1. The summed E-state index contributed by atoms with van der Waals surface area (Å²) in [6.07, 6.45) is 5.96. The van der Waals surface area contributed by atoms with Gasteiger partial charge in [0, 0.05) is 25.7 Å². The van der Waals surface area contributed by atoms with Gasteiger partial charge >= 0.3 is 0 Å². The number of benzene rings is 1. The van der Waals surface area contributed by atoms with Crippen LogP contribution in [0.1, 0.15) is 5.56 Å². The van der Waals surface area contributed by atoms with Crippen molar-refractivity contribution >= 4 is 41.8 Å². The zero-order valence-electron chi connectivity index (χ0n) is 14.8. The Morgan fingerprint density at radius 3 is 2.50 bits per heavy atom. The Bertz CT molecular complexity index is 900. The smallest absolute Gasteiger partial charge is 0.286 e. The second kappa shape index (κ2) is 10.5. The molecule has 26 heavy (non-hydrogen) atoms. The van der Waals surface area contributed by atoms with Crippen LogP contribution in [0, 0.1) is 0 Å². The Balaban J connectivity index is 0.00000169. The Hall–Kier alpha value is -1.69. The fraction of sp³-hybridized carbons (Fsp3) is 0.167. The fourth-order valence-corrected chi connectivity index (χ4v) is 2.58. The molecule has 8 heteroatoms. The number of hydrogen-bond donors (Lipinski definition) is 2. The molecule has 0 bridgehead atoms. The summed E-state index contributed by atoms with van der Waals surface area (Å²) in [5.41, 5.74) is 7.34. The molecule has 0 aliphatic rings. The van der Waals surface area contributed by atoms with Crippen molar-refractivity contribution in [2.75, 3.05) is 14.1 Å². The minimum Gasteiger partial charge on any atom is -1.00 e. The summed E-state index contributed by atoms with van der Waals surface area (Å²) < 4.78 is 4.31. The van der Waals surface area contributed by atoms with E-state index in [4.69, 9.17) is 0 Å². The van der Waals surface area contributed by atoms with Gasteiger partial charge in [0.25, 0.3) is 5.65 Å². The van der Waals surface area contributed by atoms with Crippen molar-refractivity contribution in [2.45, 2.75) is 0 Å². The number of imidazole rings is 1. The van der Waals surface area contributed by atoms with Crippen LogP contribution in [0.3, 0.4) is 0 Å². The van der Waals surface area contributed by atoms with Crippen molar-refractivity contribution in [1.29, 1.82) is 0 Å². The number of hydrazone groups is 1. The van der Waals surface area contributed by atoms with Gasteiger partial charge in [0.2, 0.25) is 5.96 Å². The normalized spacial score (nSPS) is 11.1. The van der Waals surface area contributed by atoms with Crippen molar-refractivity contribution in [1.82, 2.24) is 15.3 Å². The van der Waals surface area contributed by atoms with Crippen molar-refractivity contribution < 1.29 is 28.4 Å². The number of guanidine groups is 1. The van der Waals surface area contributed by atoms with E-state index >= 15 is 0 Å². The van der Waals surface area contributed by atoms with E-state index in [2.05, 4.69) is 67.4 Å². The number of aliphatic imine (C=N–C) groups is 1. The molecular formula is C18H22I2N6. The number of fused-ring (bicyclic) bond motifs is 1. The molecule has 2 aromatic heterocycles. The Morgan fingerprint density at radius 1 is 1.15 bits per heavy atom. The van der Waals surface area contributed by atoms with Crippen LogP contribution in [-0.4, -0.2) is 30.8 Å². The molecule has 0 amide bonds. The predicted molar refractivity (Wildman–Crippen MR) is 113 cm³/mol. The highest BCUT2D eigenvalue weighted by atomic mass is 127. The van der Waals surface area contributed by atoms with Gasteiger partial charge in [-0.25, -0.2) is 14.4 Å². The summed E-state index contributed by atoms with van der Waals surface area (Å²) in [5, 5.41) is 7.07. The van der Waals surface area contributed by atoms with Crippen LogP contribution in [0.15, 0.2) is 65.0 Å². The SMILES string of the molecule is CN=C(NC)N/N=C/c1ccc(-c2c[n+]3ccccc3n2C)cc1.I.[I-]. The molecule has 0 saturated carbocycles. The topological polar surface area (TPSA) is 57.8 Å². The van der Waals surface area contributed by atoms with E-state index in [1.54, 1.807) is 20.3 Å². The first kappa shape index (κ1) is 22.4. The van der Waals surface area contributed by atoms with Gasteiger partial charge < -0.3 is 29.3 Å². The second-order valence-electron chi connectivity index (χ2n) is 5.35. The van der Waals surface area contributed by atoms with Gasteiger partial charge in [0.15, 0.2) is 5.69 Å². The Kier molecular flexibility index (Phi) is 8.99. The molecule has 0 unspecified atom stereocenters. The van der Waals surface area contributed by atoms with E-state index in [9.17, 15) is 0 Å². The number of aryl methyl sites for hydroxylation is 1. The molecule has 0 radical (unpaired) electrons. The third-order valence-corrected chi connectivity index (χ3v) is 3.88. The molecule has 0 saturated heterocycles. The maximum Gasteiger partial charge on any atom is 0.286 e. The standard InChI is InChI=1S/C18H21N6.2HI/c1-19-18(20-2)22-21-12-14-7-9-15(10-8-14)16-13-24-11-5-4-6-17(24)23(16)3;;/h4-13H,1-3H3,(H2,19,20,22);2*1H/q+1;;/p-1/b21-12+;;. The zero-order chi connectivity index (χ0) is 16.9. The molecule has 1 aromatic carbocycles. The van der Waals surface area contributed by atoms with Crippen LogP contribution in [0.5, 0.6) is 0 Å². The molecule has 6 nitrogen and oxygen atoms in total. The first-order valence-electron chi connectivity index (χ1n) is 7.72. The highest BCUT2D eigenvalue weighted by Gasteiger charge is 2.14. The number of halogens is 2. The average Bonchev–Trinajstić information content (AvgIpc) is 2.96. The molecule has 2 N–H and O–H groups in total. The van der Waals surface area contributed by atoms with Crippen LogP contribution in [0.25, 0.3) is 16.9 Å². The number of nitrogens with zero attached hydrogens (tertiary/aromatic N) is 4. The van der Waals surface area contributed by atoms with Crippen molar-refractivity contribution in [3.05, 3.63) is 60.4 Å². The van der Waals surface area contributed by atoms with E-state index in [1.807, 2.05) is 24.3 Å². The lowest BCUT2D eigenvalue weighted by Gasteiger charge is -2.02. The first-order valence-corrected chi connectivity index (χ1v) is 7.72. The molecule has 3 rings (SSSR count). The van der Waals surface area contributed by atoms with Gasteiger partial charge in [-0.05, 0) is 23.8 Å². The third kappa shape index (κ3) is 4.93. The summed E-state index contributed by atoms with van der Waals surface area (Å²) in [7, 11) is 5.57. The molecule has 138 valence electrons. The van der Waals surface area contributed by atoms with Crippen LogP contribution < -0.4 is 39.1 Å². The van der Waals surface area contributed by atoms with Crippen molar-refractivity contribution in [2.24, 2.45) is 17.1 Å². The maximum absolute atomic E-state index is 4.16. The third-order valence-electron chi connectivity index (χ3n) is 3.88. The van der Waals surface area contributed by atoms with Crippen LogP contribution in [0.2, 0.25) is 0 Å². The number of hydrogen-bond acceptors (Lipinski definition) is 2. The van der Waals surface area contributed by atoms with Gasteiger partial charge in [-0.3, -0.25) is 4.99 Å². The van der Waals surface area contributed by atoms with Crippen LogP contribution in [-0.2, 0) is 7.05 Å². The lowest BCUT2D eigenvalue weighted by Crippen LogP contribution is -3.00. The summed E-state index contributed by atoms with van der Waals surface area (Å²) in [4.78, 5) is 4.00. The summed E-state index contributed by atoms with van der Waals surface area (Å²) in [5.74, 6) is 0.621. The predicted octanol–water partition coefficient (Wildman–Crippen LogP) is -0.818. The van der Waals surface area contributed by atoms with Crippen molar-refractivity contribution in [3.8, 4) is 11.3 Å². The van der Waals surface area contributed by atoms with Crippen LogP contribution >= 0.6 is 24.0 Å². The Labute approximate surface area is 187 Å². The zero-order valence-corrected chi connectivity index (χ0v) is 19.3. The van der Waals surface area contributed by atoms with Crippen LogP contribution in [0.4, 0.5) is 0 Å². The summed E-state index contributed by atoms with van der Waals surface area (Å²) in [6.45, 7) is 0. The van der Waals surface area contributed by atoms with Crippen molar-refractivity contribution in [3.63, 3.8) is 0 Å².